The number of ketones is 1. The Bertz CT molecular complexity index is 968. The zero-order valence-electron chi connectivity index (χ0n) is 15.1. The molecule has 7 nitrogen and oxygen atoms in total. The average Bonchev–Trinajstić information content (AvgIpc) is 3.22. The molecule has 8 heteroatoms. The molecule has 0 unspecified atom stereocenters. The van der Waals surface area contributed by atoms with E-state index in [2.05, 4.69) is 0 Å². The number of aromatic nitrogens is 2. The van der Waals surface area contributed by atoms with Crippen molar-refractivity contribution in [2.75, 3.05) is 18.1 Å². The van der Waals surface area contributed by atoms with Crippen molar-refractivity contribution in [1.82, 2.24) is 9.13 Å². The third kappa shape index (κ3) is 3.46. The molecule has 1 aliphatic rings. The molecule has 3 heterocycles. The number of ether oxygens (including phenoxy) is 1. The lowest BCUT2D eigenvalue weighted by Crippen LogP contribution is -2.18. The van der Waals surface area contributed by atoms with Gasteiger partial charge < -0.3 is 13.9 Å². The lowest BCUT2D eigenvalue weighted by Gasteiger charge is -2.16. The van der Waals surface area contributed by atoms with Gasteiger partial charge in [0.25, 0.3) is 0 Å². The van der Waals surface area contributed by atoms with E-state index < -0.39 is 15.8 Å². The second-order valence-corrected chi connectivity index (χ2v) is 8.94. The molecule has 1 aliphatic heterocycles. The molecule has 2 aromatic rings. The average molecular weight is 378 g/mol. The number of hydrogen-bond donors (Lipinski definition) is 0. The fourth-order valence-electron chi connectivity index (χ4n) is 3.56. The second kappa shape index (κ2) is 6.75. The largest absolute Gasteiger partial charge is 0.453 e. The normalized spacial score (nSPS) is 18.8. The summed E-state index contributed by atoms with van der Waals surface area (Å²) in [6.07, 6.45) is 2.27. The molecule has 0 spiro atoms. The highest BCUT2D eigenvalue weighted by Crippen LogP contribution is 2.29. The maximum Gasteiger partial charge on any atom is 0.355 e. The number of sulfone groups is 1. The summed E-state index contributed by atoms with van der Waals surface area (Å²) in [5, 5.41) is 0. The number of carbonyl (C=O) groups is 2. The highest BCUT2D eigenvalue weighted by molar-refractivity contribution is 7.91. The van der Waals surface area contributed by atoms with E-state index in [-0.39, 0.29) is 29.9 Å². The van der Waals surface area contributed by atoms with Crippen LogP contribution in [0.15, 0.2) is 24.4 Å². The third-order valence-corrected chi connectivity index (χ3v) is 6.60. The molecule has 0 radical (unpaired) electrons. The van der Waals surface area contributed by atoms with Crippen LogP contribution in [0, 0.1) is 13.8 Å². The molecule has 0 saturated carbocycles. The zero-order chi connectivity index (χ0) is 19.1. The summed E-state index contributed by atoms with van der Waals surface area (Å²) in [7, 11) is -1.29. The Kier molecular flexibility index (Phi) is 4.79. The van der Waals surface area contributed by atoms with Crippen molar-refractivity contribution >= 4 is 21.6 Å². The monoisotopic (exact) mass is 378 g/mol. The van der Waals surface area contributed by atoms with E-state index in [0.29, 0.717) is 23.4 Å². The molecule has 1 atom stereocenters. The van der Waals surface area contributed by atoms with Gasteiger partial charge in [0.1, 0.15) is 5.69 Å². The van der Waals surface area contributed by atoms with E-state index in [1.165, 1.54) is 0 Å². The van der Waals surface area contributed by atoms with Crippen LogP contribution in [0.2, 0.25) is 0 Å². The molecule has 1 saturated heterocycles. The molecule has 0 aromatic carbocycles. The van der Waals surface area contributed by atoms with E-state index in [9.17, 15) is 18.0 Å². The first-order valence-corrected chi connectivity index (χ1v) is 10.2. The fraction of sp³-hybridized carbons (Fsp3) is 0.444. The van der Waals surface area contributed by atoms with Crippen LogP contribution in [0.1, 0.15) is 44.7 Å². The predicted octanol–water partition coefficient (Wildman–Crippen LogP) is 1.84. The van der Waals surface area contributed by atoms with Crippen LogP contribution in [0.5, 0.6) is 0 Å². The van der Waals surface area contributed by atoms with Gasteiger partial charge in [-0.2, -0.15) is 0 Å². The first-order valence-electron chi connectivity index (χ1n) is 8.40. The molecule has 0 amide bonds. The van der Waals surface area contributed by atoms with Crippen molar-refractivity contribution in [1.29, 1.82) is 0 Å². The van der Waals surface area contributed by atoms with Crippen molar-refractivity contribution in [2.45, 2.75) is 26.3 Å². The Balaban J connectivity index is 1.73. The standard InChI is InChI=1S/C18H22N2O5S/c1-12-9-15(13(2)20(12)14-6-8-26(23,24)11-14)17(21)10-25-18(22)16-5-4-7-19(16)3/h4-5,7,9,14H,6,8,10-11H2,1-3H3/t14-/m0/s1. The Hall–Kier alpha value is -2.35. The molecule has 3 rings (SSSR count). The quantitative estimate of drug-likeness (QED) is 0.585. The van der Waals surface area contributed by atoms with E-state index >= 15 is 0 Å². The number of aryl methyl sites for hydroxylation is 2. The van der Waals surface area contributed by atoms with Gasteiger partial charge >= 0.3 is 5.97 Å². The molecule has 1 fully saturated rings. The highest BCUT2D eigenvalue weighted by atomic mass is 32.2. The summed E-state index contributed by atoms with van der Waals surface area (Å²) < 4.78 is 32.2. The van der Waals surface area contributed by atoms with Gasteiger partial charge in [0.15, 0.2) is 16.4 Å². The molecule has 140 valence electrons. The number of Topliss-reactive ketones (excluding diaryl/α,β-unsaturated/α-hetero) is 1. The number of hydrogen-bond acceptors (Lipinski definition) is 5. The molecule has 0 aliphatic carbocycles. The van der Waals surface area contributed by atoms with Gasteiger partial charge in [-0.25, -0.2) is 13.2 Å². The van der Waals surface area contributed by atoms with Crippen LogP contribution in [0.4, 0.5) is 0 Å². The lowest BCUT2D eigenvalue weighted by molar-refractivity contribution is 0.0465. The van der Waals surface area contributed by atoms with Gasteiger partial charge in [0, 0.05) is 36.2 Å². The third-order valence-electron chi connectivity index (χ3n) is 4.85. The van der Waals surface area contributed by atoms with Crippen LogP contribution in [0.3, 0.4) is 0 Å². The molecule has 2 aromatic heterocycles. The fourth-order valence-corrected chi connectivity index (χ4v) is 5.26. The molecule has 0 bridgehead atoms. The van der Waals surface area contributed by atoms with Crippen LogP contribution in [-0.2, 0) is 21.6 Å². The minimum Gasteiger partial charge on any atom is -0.453 e. The Labute approximate surface area is 152 Å². The number of nitrogens with zero attached hydrogens (tertiary/aromatic N) is 2. The summed E-state index contributed by atoms with van der Waals surface area (Å²) >= 11 is 0. The lowest BCUT2D eigenvalue weighted by atomic mass is 10.1. The summed E-state index contributed by atoms with van der Waals surface area (Å²) in [5.74, 6) is -0.583. The minimum atomic E-state index is -3.02. The Morgan fingerprint density at radius 3 is 2.62 bits per heavy atom. The van der Waals surface area contributed by atoms with Crippen molar-refractivity contribution in [3.05, 3.63) is 47.0 Å². The van der Waals surface area contributed by atoms with Gasteiger partial charge in [-0.3, -0.25) is 4.79 Å². The molecule has 0 N–H and O–H groups in total. The summed E-state index contributed by atoms with van der Waals surface area (Å²) in [6.45, 7) is 3.30. The molecular weight excluding hydrogens is 356 g/mol. The Morgan fingerprint density at radius 1 is 1.31 bits per heavy atom. The zero-order valence-corrected chi connectivity index (χ0v) is 15.9. The van der Waals surface area contributed by atoms with Gasteiger partial charge in [-0.1, -0.05) is 0 Å². The highest BCUT2D eigenvalue weighted by Gasteiger charge is 2.31. The van der Waals surface area contributed by atoms with E-state index in [4.69, 9.17) is 4.74 Å². The first-order chi connectivity index (χ1) is 12.2. The van der Waals surface area contributed by atoms with Crippen molar-refractivity contribution in [3.8, 4) is 0 Å². The summed E-state index contributed by atoms with van der Waals surface area (Å²) in [4.78, 5) is 24.5. The minimum absolute atomic E-state index is 0.0967. The number of esters is 1. The topological polar surface area (TPSA) is 87.4 Å². The first kappa shape index (κ1) is 18.4. The maximum absolute atomic E-state index is 12.5. The van der Waals surface area contributed by atoms with Gasteiger partial charge in [-0.05, 0) is 38.5 Å². The van der Waals surface area contributed by atoms with Gasteiger partial charge in [-0.15, -0.1) is 0 Å². The van der Waals surface area contributed by atoms with Crippen molar-refractivity contribution in [2.24, 2.45) is 7.05 Å². The molecule has 26 heavy (non-hydrogen) atoms. The smallest absolute Gasteiger partial charge is 0.355 e. The maximum atomic E-state index is 12.5. The summed E-state index contributed by atoms with van der Waals surface area (Å²) in [5.41, 5.74) is 2.39. The number of carbonyl (C=O) groups excluding carboxylic acids is 2. The van der Waals surface area contributed by atoms with Crippen LogP contribution in [0.25, 0.3) is 0 Å². The summed E-state index contributed by atoms with van der Waals surface area (Å²) in [6, 6.07) is 4.94. The SMILES string of the molecule is Cc1cc(C(=O)COC(=O)c2cccn2C)c(C)n1[C@H]1CCS(=O)(=O)C1. The second-order valence-electron chi connectivity index (χ2n) is 6.72. The van der Waals surface area contributed by atoms with Crippen molar-refractivity contribution < 1.29 is 22.7 Å². The van der Waals surface area contributed by atoms with E-state index in [1.807, 2.05) is 11.5 Å². The Morgan fingerprint density at radius 2 is 2.04 bits per heavy atom. The van der Waals surface area contributed by atoms with Crippen LogP contribution in [-0.4, -0.2) is 47.4 Å². The predicted molar refractivity (Wildman–Crippen MR) is 96.2 cm³/mol. The van der Waals surface area contributed by atoms with Crippen LogP contribution < -0.4 is 0 Å². The number of rotatable bonds is 5. The van der Waals surface area contributed by atoms with Crippen molar-refractivity contribution in [3.63, 3.8) is 0 Å². The van der Waals surface area contributed by atoms with Crippen LogP contribution >= 0.6 is 0 Å². The van der Waals surface area contributed by atoms with Gasteiger partial charge in [0.05, 0.1) is 11.5 Å². The molecular formula is C18H22N2O5S. The van der Waals surface area contributed by atoms with E-state index in [1.54, 1.807) is 42.9 Å². The van der Waals surface area contributed by atoms with Gasteiger partial charge in [0.2, 0.25) is 5.78 Å². The van der Waals surface area contributed by atoms with E-state index in [0.717, 1.165) is 5.69 Å².